The van der Waals surface area contributed by atoms with E-state index in [1.165, 1.54) is 0 Å². The van der Waals surface area contributed by atoms with Crippen molar-refractivity contribution in [1.29, 1.82) is 0 Å². The van der Waals surface area contributed by atoms with Crippen molar-refractivity contribution >= 4 is 40.7 Å². The van der Waals surface area contributed by atoms with E-state index < -0.39 is 10.8 Å². The largest absolute Gasteiger partial charge is 0.355 e. The van der Waals surface area contributed by atoms with Gasteiger partial charge < -0.3 is 10.6 Å². The second-order valence-corrected chi connectivity index (χ2v) is 6.76. The molecule has 0 aromatic rings. The van der Waals surface area contributed by atoms with Crippen LogP contribution >= 0.6 is 24.0 Å². The van der Waals surface area contributed by atoms with Gasteiger partial charge in [-0.25, -0.2) is 0 Å². The SMILES string of the molecule is C#CCCNC(=NC)NC1CCCC(S(=O)CC)C1.I. The zero-order chi connectivity index (χ0) is 14.1. The van der Waals surface area contributed by atoms with Crippen LogP contribution in [0.4, 0.5) is 0 Å². The van der Waals surface area contributed by atoms with Crippen LogP contribution in [0, 0.1) is 12.3 Å². The zero-order valence-electron chi connectivity index (χ0n) is 12.4. The minimum atomic E-state index is -0.684. The summed E-state index contributed by atoms with van der Waals surface area (Å²) in [6.45, 7) is 2.72. The van der Waals surface area contributed by atoms with Crippen LogP contribution in [-0.2, 0) is 10.8 Å². The van der Waals surface area contributed by atoms with Gasteiger partial charge in [0.05, 0.1) is 0 Å². The Hall–Kier alpha value is -0.290. The first-order valence-electron chi connectivity index (χ1n) is 6.99. The average Bonchev–Trinajstić information content (AvgIpc) is 2.45. The molecule has 1 fully saturated rings. The third-order valence-electron chi connectivity index (χ3n) is 3.41. The van der Waals surface area contributed by atoms with Crippen molar-refractivity contribution in [2.24, 2.45) is 4.99 Å². The Morgan fingerprint density at radius 3 is 2.85 bits per heavy atom. The average molecular weight is 411 g/mol. The highest BCUT2D eigenvalue weighted by Gasteiger charge is 2.25. The van der Waals surface area contributed by atoms with E-state index in [-0.39, 0.29) is 24.0 Å². The quantitative estimate of drug-likeness (QED) is 0.239. The maximum atomic E-state index is 11.9. The van der Waals surface area contributed by atoms with Gasteiger partial charge in [0.15, 0.2) is 5.96 Å². The standard InChI is InChI=1S/C14H25N3OS.HI/c1-4-6-10-16-14(15-3)17-12-8-7-9-13(11-12)19(18)5-2;/h1,12-13H,5-11H2,2-3H3,(H2,15,16,17);1H. The molecule has 4 nitrogen and oxygen atoms in total. The lowest BCUT2D eigenvalue weighted by Crippen LogP contribution is -2.46. The second-order valence-electron chi connectivity index (χ2n) is 4.75. The van der Waals surface area contributed by atoms with Gasteiger partial charge in [0.2, 0.25) is 0 Å². The van der Waals surface area contributed by atoms with E-state index in [0.717, 1.165) is 43.9 Å². The zero-order valence-corrected chi connectivity index (χ0v) is 15.5. The molecule has 116 valence electrons. The summed E-state index contributed by atoms with van der Waals surface area (Å²) in [5.41, 5.74) is 0. The number of hydrogen-bond acceptors (Lipinski definition) is 2. The molecule has 0 amide bonds. The fourth-order valence-corrected chi connectivity index (χ4v) is 3.74. The summed E-state index contributed by atoms with van der Waals surface area (Å²) < 4.78 is 11.9. The first kappa shape index (κ1) is 19.7. The monoisotopic (exact) mass is 411 g/mol. The highest BCUT2D eigenvalue weighted by molar-refractivity contribution is 14.0. The Kier molecular flexibility index (Phi) is 11.2. The van der Waals surface area contributed by atoms with Gasteiger partial charge in [0.25, 0.3) is 0 Å². The van der Waals surface area contributed by atoms with Crippen molar-refractivity contribution in [3.8, 4) is 12.3 Å². The molecule has 1 saturated carbocycles. The summed E-state index contributed by atoms with van der Waals surface area (Å²) >= 11 is 0. The molecule has 20 heavy (non-hydrogen) atoms. The van der Waals surface area contributed by atoms with Crippen LogP contribution in [0.5, 0.6) is 0 Å². The first-order chi connectivity index (χ1) is 9.21. The van der Waals surface area contributed by atoms with Gasteiger partial charge in [-0.1, -0.05) is 13.3 Å². The van der Waals surface area contributed by atoms with Crippen LogP contribution in [0.3, 0.4) is 0 Å². The Bertz CT molecular complexity index is 368. The Labute approximate surface area is 142 Å². The predicted octanol–water partition coefficient (Wildman–Crippen LogP) is 1.87. The van der Waals surface area contributed by atoms with Crippen molar-refractivity contribution in [3.63, 3.8) is 0 Å². The van der Waals surface area contributed by atoms with Gasteiger partial charge in [-0.2, -0.15) is 0 Å². The van der Waals surface area contributed by atoms with E-state index >= 15 is 0 Å². The molecule has 0 heterocycles. The molecular formula is C14H26IN3OS. The molecule has 1 rings (SSSR count). The van der Waals surface area contributed by atoms with Crippen molar-refractivity contribution < 1.29 is 4.21 Å². The lowest BCUT2D eigenvalue weighted by atomic mass is 9.95. The number of hydrogen-bond donors (Lipinski definition) is 2. The Morgan fingerprint density at radius 2 is 2.25 bits per heavy atom. The molecule has 0 aromatic carbocycles. The number of nitrogens with one attached hydrogen (secondary N) is 2. The maximum Gasteiger partial charge on any atom is 0.191 e. The summed E-state index contributed by atoms with van der Waals surface area (Å²) in [6, 6.07) is 0.367. The summed E-state index contributed by atoms with van der Waals surface area (Å²) in [5, 5.41) is 6.94. The molecule has 1 aliphatic carbocycles. The van der Waals surface area contributed by atoms with Crippen LogP contribution in [-0.4, -0.2) is 40.8 Å². The van der Waals surface area contributed by atoms with Crippen LogP contribution < -0.4 is 10.6 Å². The third kappa shape index (κ3) is 6.93. The van der Waals surface area contributed by atoms with Gasteiger partial charge in [0.1, 0.15) is 0 Å². The normalized spacial score (nSPS) is 24.1. The highest BCUT2D eigenvalue weighted by atomic mass is 127. The molecular weight excluding hydrogens is 385 g/mol. The molecule has 2 N–H and O–H groups in total. The van der Waals surface area contributed by atoms with Crippen molar-refractivity contribution in [2.45, 2.75) is 50.3 Å². The summed E-state index contributed by atoms with van der Waals surface area (Å²) in [4.78, 5) is 4.19. The van der Waals surface area contributed by atoms with E-state index in [1.54, 1.807) is 7.05 Å². The number of halogens is 1. The molecule has 0 aliphatic heterocycles. The smallest absolute Gasteiger partial charge is 0.191 e. The van der Waals surface area contributed by atoms with Crippen molar-refractivity contribution in [2.75, 3.05) is 19.3 Å². The molecule has 0 saturated heterocycles. The second kappa shape index (κ2) is 11.4. The highest BCUT2D eigenvalue weighted by Crippen LogP contribution is 2.22. The summed E-state index contributed by atoms with van der Waals surface area (Å²) in [7, 11) is 1.08. The van der Waals surface area contributed by atoms with Crippen molar-refractivity contribution in [1.82, 2.24) is 10.6 Å². The van der Waals surface area contributed by atoms with Crippen LogP contribution in [0.25, 0.3) is 0 Å². The number of guanidine groups is 1. The van der Waals surface area contributed by atoms with Gasteiger partial charge in [-0.3, -0.25) is 9.20 Å². The molecule has 6 heteroatoms. The fraction of sp³-hybridized carbons (Fsp3) is 0.786. The molecule has 0 bridgehead atoms. The molecule has 0 radical (unpaired) electrons. The van der Waals surface area contributed by atoms with E-state index in [4.69, 9.17) is 6.42 Å². The van der Waals surface area contributed by atoms with Gasteiger partial charge in [-0.15, -0.1) is 36.3 Å². The van der Waals surface area contributed by atoms with E-state index in [9.17, 15) is 4.21 Å². The lowest BCUT2D eigenvalue weighted by molar-refractivity contribution is 0.413. The molecule has 1 aliphatic rings. The van der Waals surface area contributed by atoms with Gasteiger partial charge in [-0.05, 0) is 19.3 Å². The Balaban J connectivity index is 0.00000361. The third-order valence-corrected chi connectivity index (χ3v) is 5.15. The summed E-state index contributed by atoms with van der Waals surface area (Å²) in [5.74, 6) is 4.15. The predicted molar refractivity (Wildman–Crippen MR) is 98.1 cm³/mol. The minimum Gasteiger partial charge on any atom is -0.355 e. The maximum absolute atomic E-state index is 11.9. The van der Waals surface area contributed by atoms with Gasteiger partial charge in [0, 0.05) is 47.9 Å². The van der Waals surface area contributed by atoms with Gasteiger partial charge >= 0.3 is 0 Å². The van der Waals surface area contributed by atoms with Crippen LogP contribution in [0.2, 0.25) is 0 Å². The van der Waals surface area contributed by atoms with Crippen LogP contribution in [0.1, 0.15) is 39.0 Å². The summed E-state index contributed by atoms with van der Waals surface area (Å²) in [6.07, 6.45) is 10.2. The Morgan fingerprint density at radius 1 is 1.50 bits per heavy atom. The molecule has 3 unspecified atom stereocenters. The van der Waals surface area contributed by atoms with E-state index in [2.05, 4.69) is 21.5 Å². The number of terminal acetylenes is 1. The van der Waals surface area contributed by atoms with Crippen LogP contribution in [0.15, 0.2) is 4.99 Å². The van der Waals surface area contributed by atoms with E-state index in [0.29, 0.717) is 17.7 Å². The molecule has 3 atom stereocenters. The topological polar surface area (TPSA) is 53.5 Å². The molecule has 0 aromatic heterocycles. The first-order valence-corrected chi connectivity index (χ1v) is 8.37. The lowest BCUT2D eigenvalue weighted by Gasteiger charge is -2.30. The molecule has 0 spiro atoms. The number of aliphatic imine (C=N–C) groups is 1. The van der Waals surface area contributed by atoms with E-state index in [1.807, 2.05) is 6.92 Å². The fourth-order valence-electron chi connectivity index (χ4n) is 2.39. The number of nitrogens with zero attached hydrogens (tertiary/aromatic N) is 1. The van der Waals surface area contributed by atoms with Crippen molar-refractivity contribution in [3.05, 3.63) is 0 Å². The number of rotatable bonds is 5. The minimum absolute atomic E-state index is 0.